The molecule has 1 amide bonds. The monoisotopic (exact) mass is 349 g/mol. The standard InChI is InChI=1S/C18H15N5O3/c1-11-2-3-13(17-20-10-26-22-17)7-14(11)21-18(25)15-8-19-16-6-12(9-24)4-5-23(15)16/h2-8,10,24H,9H2,1H3,(H,21,25). The third kappa shape index (κ3) is 2.82. The summed E-state index contributed by atoms with van der Waals surface area (Å²) in [5.41, 5.74) is 4.03. The first-order chi connectivity index (χ1) is 12.7. The highest BCUT2D eigenvalue weighted by atomic mass is 16.5. The predicted octanol–water partition coefficient (Wildman–Crippen LogP) is 2.44. The van der Waals surface area contributed by atoms with Crippen LogP contribution in [0.5, 0.6) is 0 Å². The smallest absolute Gasteiger partial charge is 0.274 e. The van der Waals surface area contributed by atoms with E-state index < -0.39 is 0 Å². The van der Waals surface area contributed by atoms with E-state index in [1.54, 1.807) is 28.8 Å². The lowest BCUT2D eigenvalue weighted by atomic mass is 10.1. The second-order valence-corrected chi connectivity index (χ2v) is 5.80. The zero-order valence-electron chi connectivity index (χ0n) is 13.9. The van der Waals surface area contributed by atoms with Gasteiger partial charge in [-0.25, -0.2) is 4.98 Å². The molecule has 0 aliphatic carbocycles. The van der Waals surface area contributed by atoms with Crippen molar-refractivity contribution in [3.8, 4) is 11.4 Å². The van der Waals surface area contributed by atoms with Gasteiger partial charge in [-0.15, -0.1) is 0 Å². The molecule has 26 heavy (non-hydrogen) atoms. The van der Waals surface area contributed by atoms with E-state index in [0.717, 1.165) is 16.7 Å². The van der Waals surface area contributed by atoms with Gasteiger partial charge in [0.1, 0.15) is 11.3 Å². The Hall–Kier alpha value is -3.52. The first-order valence-corrected chi connectivity index (χ1v) is 7.91. The quantitative estimate of drug-likeness (QED) is 0.586. The first kappa shape index (κ1) is 16.0. The average Bonchev–Trinajstić information content (AvgIpc) is 3.32. The molecular weight excluding hydrogens is 334 g/mol. The maximum atomic E-state index is 12.7. The molecule has 0 spiro atoms. The highest BCUT2D eigenvalue weighted by Crippen LogP contribution is 2.23. The molecule has 4 rings (SSSR count). The zero-order valence-corrected chi connectivity index (χ0v) is 13.9. The molecule has 0 fully saturated rings. The molecule has 0 atom stereocenters. The second-order valence-electron chi connectivity index (χ2n) is 5.80. The molecule has 8 heteroatoms. The summed E-state index contributed by atoms with van der Waals surface area (Å²) in [4.78, 5) is 21.0. The number of nitrogens with zero attached hydrogens (tertiary/aromatic N) is 4. The number of hydrogen-bond donors (Lipinski definition) is 2. The predicted molar refractivity (Wildman–Crippen MR) is 93.5 cm³/mol. The Kier molecular flexibility index (Phi) is 3.94. The topological polar surface area (TPSA) is 106 Å². The molecule has 1 aromatic carbocycles. The molecule has 0 saturated carbocycles. The highest BCUT2D eigenvalue weighted by molar-refractivity contribution is 6.04. The van der Waals surface area contributed by atoms with Gasteiger partial charge in [-0.3, -0.25) is 9.20 Å². The minimum atomic E-state index is -0.289. The molecule has 0 saturated heterocycles. The molecular formula is C18H15N5O3. The number of aromatic nitrogens is 4. The van der Waals surface area contributed by atoms with Crippen LogP contribution in [0.3, 0.4) is 0 Å². The largest absolute Gasteiger partial charge is 0.392 e. The summed E-state index contributed by atoms with van der Waals surface area (Å²) in [7, 11) is 0. The van der Waals surface area contributed by atoms with Crippen molar-refractivity contribution in [2.45, 2.75) is 13.5 Å². The van der Waals surface area contributed by atoms with Crippen LogP contribution in [0.1, 0.15) is 21.6 Å². The van der Waals surface area contributed by atoms with E-state index in [1.807, 2.05) is 19.1 Å². The third-order valence-electron chi connectivity index (χ3n) is 4.10. The number of anilines is 1. The molecule has 130 valence electrons. The summed E-state index contributed by atoms with van der Waals surface area (Å²) in [5, 5.41) is 15.9. The van der Waals surface area contributed by atoms with E-state index in [2.05, 4.69) is 20.4 Å². The Morgan fingerprint density at radius 1 is 1.27 bits per heavy atom. The number of pyridine rings is 1. The summed E-state index contributed by atoms with van der Waals surface area (Å²) in [6, 6.07) is 9.02. The van der Waals surface area contributed by atoms with Crippen LogP contribution in [-0.2, 0) is 6.61 Å². The number of aliphatic hydroxyl groups excluding tert-OH is 1. The van der Waals surface area contributed by atoms with Gasteiger partial charge in [0, 0.05) is 17.4 Å². The molecule has 0 aliphatic rings. The fourth-order valence-electron chi connectivity index (χ4n) is 2.67. The number of benzene rings is 1. The number of imidazole rings is 1. The maximum Gasteiger partial charge on any atom is 0.274 e. The van der Waals surface area contributed by atoms with Gasteiger partial charge >= 0.3 is 0 Å². The van der Waals surface area contributed by atoms with E-state index >= 15 is 0 Å². The van der Waals surface area contributed by atoms with E-state index in [4.69, 9.17) is 4.52 Å². The van der Waals surface area contributed by atoms with Crippen molar-refractivity contribution in [1.82, 2.24) is 19.5 Å². The Bertz CT molecular complexity index is 1090. The normalized spacial score (nSPS) is 11.0. The van der Waals surface area contributed by atoms with Crippen molar-refractivity contribution in [2.75, 3.05) is 5.32 Å². The van der Waals surface area contributed by atoms with Gasteiger partial charge in [0.25, 0.3) is 5.91 Å². The number of rotatable bonds is 4. The van der Waals surface area contributed by atoms with E-state index in [1.165, 1.54) is 12.6 Å². The lowest BCUT2D eigenvalue weighted by Gasteiger charge is -2.09. The van der Waals surface area contributed by atoms with Crippen LogP contribution < -0.4 is 5.32 Å². The molecule has 0 aliphatic heterocycles. The number of aliphatic hydroxyl groups is 1. The Morgan fingerprint density at radius 2 is 2.15 bits per heavy atom. The minimum Gasteiger partial charge on any atom is -0.392 e. The van der Waals surface area contributed by atoms with Gasteiger partial charge < -0.3 is 14.9 Å². The van der Waals surface area contributed by atoms with E-state index in [0.29, 0.717) is 22.9 Å². The van der Waals surface area contributed by atoms with Gasteiger partial charge in [-0.2, -0.15) is 4.98 Å². The van der Waals surface area contributed by atoms with Gasteiger partial charge in [0.2, 0.25) is 12.2 Å². The lowest BCUT2D eigenvalue weighted by Crippen LogP contribution is -2.15. The second kappa shape index (κ2) is 6.41. The fraction of sp³-hybridized carbons (Fsp3) is 0.111. The Morgan fingerprint density at radius 3 is 2.92 bits per heavy atom. The fourth-order valence-corrected chi connectivity index (χ4v) is 2.67. The number of carbonyl (C=O) groups is 1. The molecule has 8 nitrogen and oxygen atoms in total. The van der Waals surface area contributed by atoms with Crippen LogP contribution >= 0.6 is 0 Å². The Balaban J connectivity index is 1.65. The van der Waals surface area contributed by atoms with Gasteiger partial charge in [0.15, 0.2) is 0 Å². The summed E-state index contributed by atoms with van der Waals surface area (Å²) in [6.45, 7) is 1.82. The van der Waals surface area contributed by atoms with Crippen LogP contribution in [0.25, 0.3) is 17.0 Å². The van der Waals surface area contributed by atoms with Gasteiger partial charge in [-0.05, 0) is 36.2 Å². The van der Waals surface area contributed by atoms with Crippen molar-refractivity contribution in [2.24, 2.45) is 0 Å². The molecule has 3 heterocycles. The van der Waals surface area contributed by atoms with Crippen LogP contribution in [0, 0.1) is 6.92 Å². The number of hydrogen-bond acceptors (Lipinski definition) is 6. The SMILES string of the molecule is Cc1ccc(-c2ncon2)cc1NC(=O)c1cnc2cc(CO)ccn12. The minimum absolute atomic E-state index is 0.0764. The lowest BCUT2D eigenvalue weighted by molar-refractivity contribution is 0.102. The number of amides is 1. The van der Waals surface area contributed by atoms with Crippen LogP contribution in [0.15, 0.2) is 53.6 Å². The zero-order chi connectivity index (χ0) is 18.1. The summed E-state index contributed by atoms with van der Waals surface area (Å²) < 4.78 is 6.44. The molecule has 4 aromatic rings. The van der Waals surface area contributed by atoms with E-state index in [9.17, 15) is 9.90 Å². The van der Waals surface area contributed by atoms with Crippen LogP contribution in [0.4, 0.5) is 5.69 Å². The highest BCUT2D eigenvalue weighted by Gasteiger charge is 2.15. The first-order valence-electron chi connectivity index (χ1n) is 7.91. The number of carbonyl (C=O) groups excluding carboxylic acids is 1. The number of nitrogens with one attached hydrogen (secondary N) is 1. The van der Waals surface area contributed by atoms with Crippen LogP contribution in [0.2, 0.25) is 0 Å². The van der Waals surface area contributed by atoms with Crippen molar-refractivity contribution in [3.63, 3.8) is 0 Å². The maximum absolute atomic E-state index is 12.7. The van der Waals surface area contributed by atoms with Gasteiger partial charge in [-0.1, -0.05) is 17.3 Å². The summed E-state index contributed by atoms with van der Waals surface area (Å²) in [5.74, 6) is 0.162. The summed E-state index contributed by atoms with van der Waals surface area (Å²) >= 11 is 0. The van der Waals surface area contributed by atoms with Crippen molar-refractivity contribution < 1.29 is 14.4 Å². The molecule has 2 N–H and O–H groups in total. The Labute approximate surface area is 148 Å². The average molecular weight is 349 g/mol. The van der Waals surface area contributed by atoms with Crippen molar-refractivity contribution in [1.29, 1.82) is 0 Å². The van der Waals surface area contributed by atoms with Gasteiger partial charge in [0.05, 0.1) is 12.8 Å². The number of aryl methyl sites for hydroxylation is 1. The molecule has 3 aromatic heterocycles. The summed E-state index contributed by atoms with van der Waals surface area (Å²) in [6.07, 6.45) is 4.47. The molecule has 0 unspecified atom stereocenters. The van der Waals surface area contributed by atoms with Crippen LogP contribution in [-0.4, -0.2) is 30.5 Å². The molecule has 0 bridgehead atoms. The van der Waals surface area contributed by atoms with Crippen molar-refractivity contribution in [3.05, 3.63) is 65.9 Å². The third-order valence-corrected chi connectivity index (χ3v) is 4.10. The van der Waals surface area contributed by atoms with Crippen molar-refractivity contribution >= 4 is 17.2 Å². The number of fused-ring (bicyclic) bond motifs is 1. The van der Waals surface area contributed by atoms with E-state index in [-0.39, 0.29) is 12.5 Å². The molecule has 0 radical (unpaired) electrons.